The molecule has 0 amide bonds. The lowest BCUT2D eigenvalue weighted by Crippen LogP contribution is -2.53. The number of allylic oxidation sites excluding steroid dienone is 1. The van der Waals surface area contributed by atoms with Crippen LogP contribution in [0.15, 0.2) is 11.6 Å². The fraction of sp³-hybridized carbons (Fsp3) is 0.926. The molecule has 0 aromatic carbocycles. The number of hydrogen-bond acceptors (Lipinski definition) is 4. The van der Waals surface area contributed by atoms with Crippen LogP contribution in [0, 0.1) is 46.3 Å². The summed E-state index contributed by atoms with van der Waals surface area (Å²) >= 11 is 0. The monoisotopic (exact) mass is 430 g/mol. The van der Waals surface area contributed by atoms with E-state index < -0.39 is 5.79 Å². The van der Waals surface area contributed by atoms with Gasteiger partial charge >= 0.3 is 0 Å². The summed E-state index contributed by atoms with van der Waals surface area (Å²) in [5.41, 5.74) is 2.15. The number of hydrogen-bond donors (Lipinski definition) is 2. The van der Waals surface area contributed by atoms with Crippen LogP contribution in [0.4, 0.5) is 0 Å². The Bertz CT molecular complexity index is 779. The van der Waals surface area contributed by atoms with Crippen molar-refractivity contribution in [3.8, 4) is 0 Å². The molecule has 0 aromatic rings. The van der Waals surface area contributed by atoms with E-state index in [4.69, 9.17) is 9.47 Å². The van der Waals surface area contributed by atoms with Gasteiger partial charge in [-0.1, -0.05) is 39.3 Å². The van der Waals surface area contributed by atoms with E-state index in [-0.39, 0.29) is 24.2 Å². The molecule has 4 aliphatic carbocycles. The van der Waals surface area contributed by atoms with Gasteiger partial charge in [-0.05, 0) is 79.4 Å². The van der Waals surface area contributed by atoms with E-state index in [1.807, 2.05) is 0 Å². The molecule has 2 aliphatic heterocycles. The third-order valence-corrected chi connectivity index (χ3v) is 11.5. The molecule has 0 bridgehead atoms. The highest BCUT2D eigenvalue weighted by Gasteiger charge is 2.69. The van der Waals surface area contributed by atoms with Gasteiger partial charge in [0.1, 0.15) is 0 Å². The van der Waals surface area contributed by atoms with Crippen LogP contribution in [0.2, 0.25) is 0 Å². The minimum atomic E-state index is -0.572. The summed E-state index contributed by atoms with van der Waals surface area (Å²) in [6.07, 6.45) is 10.9. The first-order valence-electron chi connectivity index (χ1n) is 13.1. The van der Waals surface area contributed by atoms with Crippen LogP contribution >= 0.6 is 0 Å². The normalized spacial score (nSPS) is 60.7. The van der Waals surface area contributed by atoms with Gasteiger partial charge in [-0.2, -0.15) is 0 Å². The fourth-order valence-electron chi connectivity index (χ4n) is 9.66. The summed E-state index contributed by atoms with van der Waals surface area (Å²) in [5, 5.41) is 20.9. The Balaban J connectivity index is 1.28. The van der Waals surface area contributed by atoms with Crippen molar-refractivity contribution in [2.24, 2.45) is 46.3 Å². The second-order valence-electron chi connectivity index (χ2n) is 12.8. The summed E-state index contributed by atoms with van der Waals surface area (Å²) in [7, 11) is 0. The van der Waals surface area contributed by atoms with Crippen LogP contribution in [-0.4, -0.2) is 40.9 Å². The van der Waals surface area contributed by atoms with Gasteiger partial charge in [0.2, 0.25) is 0 Å². The summed E-state index contributed by atoms with van der Waals surface area (Å²) < 4.78 is 13.2. The summed E-state index contributed by atoms with van der Waals surface area (Å²) in [4.78, 5) is 0. The molecule has 4 nitrogen and oxygen atoms in total. The van der Waals surface area contributed by atoms with E-state index in [1.54, 1.807) is 5.57 Å². The largest absolute Gasteiger partial charge is 0.393 e. The van der Waals surface area contributed by atoms with Crippen LogP contribution in [-0.2, 0) is 9.47 Å². The van der Waals surface area contributed by atoms with Crippen LogP contribution in [0.3, 0.4) is 0 Å². The zero-order valence-corrected chi connectivity index (χ0v) is 19.8. The van der Waals surface area contributed by atoms with Crippen molar-refractivity contribution in [3.05, 3.63) is 11.6 Å². The second-order valence-corrected chi connectivity index (χ2v) is 12.8. The third kappa shape index (κ3) is 2.74. The van der Waals surface area contributed by atoms with Gasteiger partial charge in [0.05, 0.1) is 24.9 Å². The second kappa shape index (κ2) is 6.81. The third-order valence-electron chi connectivity index (χ3n) is 11.5. The van der Waals surface area contributed by atoms with Gasteiger partial charge in [0.15, 0.2) is 5.79 Å². The standard InChI is InChI=1S/C27H42O4/c1-15-14-30-27(13-22(15)29)16(2)24-23(31-27)12-21-19-6-5-17-11-18(28)7-9-25(17,3)20(19)8-10-26(21,24)4/h5,15-16,18-24,28-29H,6-14H2,1-4H3/t15?,16-,18?,19+,20-,21-,22?,23-,24-,25-,26-,27+/m0/s1. The molecule has 3 unspecified atom stereocenters. The van der Waals surface area contributed by atoms with Gasteiger partial charge in [-0.25, -0.2) is 0 Å². The lowest BCUT2D eigenvalue weighted by Gasteiger charge is -2.58. The Morgan fingerprint density at radius 2 is 1.87 bits per heavy atom. The Morgan fingerprint density at radius 3 is 2.65 bits per heavy atom. The van der Waals surface area contributed by atoms with E-state index >= 15 is 0 Å². The van der Waals surface area contributed by atoms with Gasteiger partial charge in [0.25, 0.3) is 0 Å². The first kappa shape index (κ1) is 21.1. The lowest BCUT2D eigenvalue weighted by atomic mass is 9.47. The molecule has 6 aliphatic rings. The molecule has 2 saturated heterocycles. The van der Waals surface area contributed by atoms with Gasteiger partial charge in [-0.3, -0.25) is 0 Å². The first-order valence-corrected chi connectivity index (χ1v) is 13.1. The molecule has 2 heterocycles. The summed E-state index contributed by atoms with van der Waals surface area (Å²) in [6, 6.07) is 0. The Morgan fingerprint density at radius 1 is 1.06 bits per heavy atom. The average Bonchev–Trinajstić information content (AvgIpc) is 3.16. The lowest BCUT2D eigenvalue weighted by molar-refractivity contribution is -0.290. The zero-order chi connectivity index (χ0) is 21.8. The zero-order valence-electron chi connectivity index (χ0n) is 19.8. The Kier molecular flexibility index (Phi) is 4.64. The van der Waals surface area contributed by atoms with E-state index in [0.29, 0.717) is 35.7 Å². The van der Waals surface area contributed by atoms with Crippen LogP contribution in [0.25, 0.3) is 0 Å². The predicted molar refractivity (Wildman–Crippen MR) is 119 cm³/mol. The number of aliphatic hydroxyl groups is 2. The summed E-state index contributed by atoms with van der Waals surface area (Å²) in [5.74, 6) is 2.71. The minimum Gasteiger partial charge on any atom is -0.393 e. The van der Waals surface area contributed by atoms with Gasteiger partial charge in [-0.15, -0.1) is 0 Å². The topological polar surface area (TPSA) is 58.9 Å². The highest BCUT2D eigenvalue weighted by atomic mass is 16.7. The van der Waals surface area contributed by atoms with E-state index in [1.165, 1.54) is 19.3 Å². The Labute approximate surface area is 187 Å². The predicted octanol–water partition coefficient (Wildman–Crippen LogP) is 4.68. The number of fused-ring (bicyclic) bond motifs is 7. The maximum absolute atomic E-state index is 10.6. The molecule has 2 N–H and O–H groups in total. The molecule has 31 heavy (non-hydrogen) atoms. The molecule has 4 heteroatoms. The van der Waals surface area contributed by atoms with Crippen molar-refractivity contribution >= 4 is 0 Å². The minimum absolute atomic E-state index is 0.130. The van der Waals surface area contributed by atoms with Gasteiger partial charge in [0, 0.05) is 18.3 Å². The van der Waals surface area contributed by atoms with Crippen molar-refractivity contribution in [2.45, 2.75) is 103 Å². The van der Waals surface area contributed by atoms with E-state index in [0.717, 1.165) is 43.4 Å². The highest BCUT2D eigenvalue weighted by molar-refractivity contribution is 5.26. The molecule has 0 radical (unpaired) electrons. The molecule has 1 spiro atoms. The molecular weight excluding hydrogens is 388 g/mol. The SMILES string of the molecule is CC1CO[C@]2(CC1O)O[C@H]1C[C@H]3[C@@H]4CC=C5CC(O)CC[C@]5(C)[C@H]4CC[C@]3(C)[C@H]1[C@@H]2C. The number of ether oxygens (including phenoxy) is 2. The van der Waals surface area contributed by atoms with Crippen molar-refractivity contribution in [3.63, 3.8) is 0 Å². The van der Waals surface area contributed by atoms with Crippen molar-refractivity contribution in [2.75, 3.05) is 6.61 Å². The van der Waals surface area contributed by atoms with Crippen molar-refractivity contribution in [1.29, 1.82) is 0 Å². The van der Waals surface area contributed by atoms with Crippen molar-refractivity contribution in [1.82, 2.24) is 0 Å². The molecule has 6 rings (SSSR count). The van der Waals surface area contributed by atoms with Crippen molar-refractivity contribution < 1.29 is 19.7 Å². The van der Waals surface area contributed by atoms with Crippen LogP contribution < -0.4 is 0 Å². The molecule has 174 valence electrons. The molecule has 5 fully saturated rings. The maximum Gasteiger partial charge on any atom is 0.174 e. The molecule has 0 aromatic heterocycles. The summed E-state index contributed by atoms with van der Waals surface area (Å²) in [6.45, 7) is 10.1. The number of rotatable bonds is 0. The maximum atomic E-state index is 10.6. The number of aliphatic hydroxyl groups excluding tert-OH is 2. The molecule has 12 atom stereocenters. The van der Waals surface area contributed by atoms with E-state index in [9.17, 15) is 10.2 Å². The van der Waals surface area contributed by atoms with Gasteiger partial charge < -0.3 is 19.7 Å². The first-order chi connectivity index (χ1) is 14.7. The fourth-order valence-corrected chi connectivity index (χ4v) is 9.66. The molecule has 3 saturated carbocycles. The average molecular weight is 431 g/mol. The smallest absolute Gasteiger partial charge is 0.174 e. The van der Waals surface area contributed by atoms with Crippen LogP contribution in [0.5, 0.6) is 0 Å². The van der Waals surface area contributed by atoms with Crippen LogP contribution in [0.1, 0.15) is 79.1 Å². The van der Waals surface area contributed by atoms with E-state index in [2.05, 4.69) is 33.8 Å². The highest BCUT2D eigenvalue weighted by Crippen LogP contribution is 2.70. The quantitative estimate of drug-likeness (QED) is 0.548. The molecular formula is C27H42O4. The Hall–Kier alpha value is -0.420.